The predicted molar refractivity (Wildman–Crippen MR) is 65.9 cm³/mol. The molecule has 5 heteroatoms. The molecule has 98 valence electrons. The number of rotatable bonds is 4. The van der Waals surface area contributed by atoms with Gasteiger partial charge in [0.15, 0.2) is 0 Å². The van der Waals surface area contributed by atoms with E-state index in [4.69, 9.17) is 5.11 Å². The number of carbonyl (C=O) groups is 1. The first-order valence-electron chi connectivity index (χ1n) is 6.25. The van der Waals surface area contributed by atoms with Crippen molar-refractivity contribution in [3.63, 3.8) is 0 Å². The van der Waals surface area contributed by atoms with Gasteiger partial charge in [0.25, 0.3) is 5.56 Å². The van der Waals surface area contributed by atoms with Gasteiger partial charge in [0, 0.05) is 18.7 Å². The fourth-order valence-electron chi connectivity index (χ4n) is 2.60. The van der Waals surface area contributed by atoms with Gasteiger partial charge in [-0.05, 0) is 12.3 Å². The van der Waals surface area contributed by atoms with Crippen LogP contribution < -0.4 is 5.56 Å². The van der Waals surface area contributed by atoms with E-state index in [0.29, 0.717) is 12.5 Å². The second-order valence-corrected chi connectivity index (χ2v) is 4.83. The number of carboxylic acids is 1. The lowest BCUT2D eigenvalue weighted by atomic mass is 10.0. The van der Waals surface area contributed by atoms with Gasteiger partial charge in [-0.1, -0.05) is 25.7 Å². The number of nitrogens with zero attached hydrogens (tertiary/aromatic N) is 1. The summed E-state index contributed by atoms with van der Waals surface area (Å²) in [6.45, 7) is 0.408. The predicted octanol–water partition coefficient (Wildman–Crippen LogP) is 1.83. The third-order valence-corrected chi connectivity index (χ3v) is 3.57. The van der Waals surface area contributed by atoms with Crippen LogP contribution in [0.1, 0.15) is 42.6 Å². The Bertz CT molecular complexity index is 500. The number of pyridine rings is 1. The highest BCUT2D eigenvalue weighted by Crippen LogP contribution is 2.27. The van der Waals surface area contributed by atoms with Crippen molar-refractivity contribution < 1.29 is 15.0 Å². The normalized spacial score (nSPS) is 16.0. The topological polar surface area (TPSA) is 79.5 Å². The summed E-state index contributed by atoms with van der Waals surface area (Å²) in [5.74, 6) is -0.892. The molecular formula is C13H17NO4. The highest BCUT2D eigenvalue weighted by molar-refractivity contribution is 5.86. The molecule has 0 saturated heterocycles. The Kier molecular flexibility index (Phi) is 3.69. The average molecular weight is 251 g/mol. The molecule has 1 heterocycles. The minimum Gasteiger partial charge on any atom is -0.508 e. The Balaban J connectivity index is 2.20. The largest absolute Gasteiger partial charge is 0.508 e. The summed E-state index contributed by atoms with van der Waals surface area (Å²) in [7, 11) is 0. The van der Waals surface area contributed by atoms with Crippen molar-refractivity contribution in [1.29, 1.82) is 0 Å². The lowest BCUT2D eigenvalue weighted by molar-refractivity contribution is 0.0682. The van der Waals surface area contributed by atoms with Gasteiger partial charge in [-0.3, -0.25) is 4.79 Å². The Hall–Kier alpha value is -1.78. The molecule has 2 N–H and O–H groups in total. The second-order valence-electron chi connectivity index (χ2n) is 4.83. The summed E-state index contributed by atoms with van der Waals surface area (Å²) >= 11 is 0. The Morgan fingerprint density at radius 3 is 2.61 bits per heavy atom. The Morgan fingerprint density at radius 1 is 1.33 bits per heavy atom. The van der Waals surface area contributed by atoms with Crippen molar-refractivity contribution in [3.05, 3.63) is 28.2 Å². The quantitative estimate of drug-likeness (QED) is 0.855. The molecule has 1 aromatic rings. The molecular weight excluding hydrogens is 234 g/mol. The van der Waals surface area contributed by atoms with Gasteiger partial charge < -0.3 is 14.8 Å². The summed E-state index contributed by atoms with van der Waals surface area (Å²) in [6, 6.07) is 2.18. The van der Waals surface area contributed by atoms with Crippen molar-refractivity contribution in [2.45, 2.75) is 38.6 Å². The minimum atomic E-state index is -1.19. The lowest BCUT2D eigenvalue weighted by Gasteiger charge is -2.13. The molecule has 0 bridgehead atoms. The first-order valence-corrected chi connectivity index (χ1v) is 6.25. The molecule has 0 radical (unpaired) electrons. The summed E-state index contributed by atoms with van der Waals surface area (Å²) in [5, 5.41) is 18.3. The van der Waals surface area contributed by atoms with Gasteiger partial charge in [-0.2, -0.15) is 0 Å². The minimum absolute atomic E-state index is 0.141. The number of aromatic carboxylic acids is 1. The van der Waals surface area contributed by atoms with Crippen molar-refractivity contribution in [3.8, 4) is 5.75 Å². The van der Waals surface area contributed by atoms with Crippen molar-refractivity contribution in [1.82, 2.24) is 4.57 Å². The van der Waals surface area contributed by atoms with Crippen LogP contribution in [0.25, 0.3) is 0 Å². The molecule has 0 unspecified atom stereocenters. The van der Waals surface area contributed by atoms with Crippen LogP contribution in [-0.2, 0) is 6.54 Å². The molecule has 0 atom stereocenters. The molecule has 1 saturated carbocycles. The number of aromatic hydroxyl groups is 1. The average Bonchev–Trinajstić information content (AvgIpc) is 2.79. The smallest absolute Gasteiger partial charge is 0.352 e. The Labute approximate surface area is 105 Å². The number of hydrogen-bond acceptors (Lipinski definition) is 3. The molecule has 1 aliphatic carbocycles. The zero-order valence-electron chi connectivity index (χ0n) is 10.1. The molecule has 0 aliphatic heterocycles. The summed E-state index contributed by atoms with van der Waals surface area (Å²) in [5.41, 5.74) is -0.594. The van der Waals surface area contributed by atoms with E-state index in [2.05, 4.69) is 0 Å². The fraction of sp³-hybridized carbons (Fsp3) is 0.538. The summed E-state index contributed by atoms with van der Waals surface area (Å²) in [4.78, 5) is 22.8. The molecule has 1 aromatic heterocycles. The molecule has 5 nitrogen and oxygen atoms in total. The molecule has 0 aromatic carbocycles. The number of carboxylic acid groups (broad SMARTS) is 1. The fourth-order valence-corrected chi connectivity index (χ4v) is 2.60. The summed E-state index contributed by atoms with van der Waals surface area (Å²) < 4.78 is 1.24. The number of hydrogen-bond donors (Lipinski definition) is 2. The zero-order chi connectivity index (χ0) is 13.1. The maximum absolute atomic E-state index is 11.7. The third kappa shape index (κ3) is 2.72. The van der Waals surface area contributed by atoms with E-state index in [1.165, 1.54) is 17.4 Å². The van der Waals surface area contributed by atoms with Gasteiger partial charge in [0.1, 0.15) is 11.4 Å². The van der Waals surface area contributed by atoms with Crippen LogP contribution >= 0.6 is 0 Å². The van der Waals surface area contributed by atoms with E-state index < -0.39 is 11.5 Å². The van der Waals surface area contributed by atoms with Crippen molar-refractivity contribution in [2.24, 2.45) is 5.92 Å². The van der Waals surface area contributed by atoms with Crippen LogP contribution in [0, 0.1) is 5.92 Å². The van der Waals surface area contributed by atoms with Gasteiger partial charge in [-0.25, -0.2) is 4.79 Å². The maximum Gasteiger partial charge on any atom is 0.352 e. The molecule has 2 rings (SSSR count). The third-order valence-electron chi connectivity index (χ3n) is 3.57. The standard InChI is InChI=1S/C13H17NO4/c15-10-7-11(13(17)18)14(12(16)8-10)6-5-9-3-1-2-4-9/h7-9,15H,1-6H2,(H,17,18). The molecule has 0 spiro atoms. The van der Waals surface area contributed by atoms with Crippen LogP contribution in [0.5, 0.6) is 5.75 Å². The van der Waals surface area contributed by atoms with E-state index in [0.717, 1.165) is 31.4 Å². The monoisotopic (exact) mass is 251 g/mol. The first kappa shape index (κ1) is 12.7. The van der Waals surface area contributed by atoms with Crippen molar-refractivity contribution >= 4 is 5.97 Å². The molecule has 18 heavy (non-hydrogen) atoms. The maximum atomic E-state index is 11.7. The van der Waals surface area contributed by atoms with E-state index in [1.54, 1.807) is 0 Å². The zero-order valence-corrected chi connectivity index (χ0v) is 10.1. The molecule has 1 fully saturated rings. The molecule has 1 aliphatic rings. The second kappa shape index (κ2) is 5.25. The van der Waals surface area contributed by atoms with Crippen LogP contribution in [0.15, 0.2) is 16.9 Å². The van der Waals surface area contributed by atoms with Gasteiger partial charge >= 0.3 is 5.97 Å². The van der Waals surface area contributed by atoms with Gasteiger partial charge in [0.05, 0.1) is 0 Å². The van der Waals surface area contributed by atoms with Crippen LogP contribution in [-0.4, -0.2) is 20.7 Å². The molecule has 0 amide bonds. The number of aromatic nitrogens is 1. The highest BCUT2D eigenvalue weighted by atomic mass is 16.4. The first-order chi connectivity index (χ1) is 8.58. The van der Waals surface area contributed by atoms with E-state index in [9.17, 15) is 14.7 Å². The van der Waals surface area contributed by atoms with Gasteiger partial charge in [-0.15, -0.1) is 0 Å². The highest BCUT2D eigenvalue weighted by Gasteiger charge is 2.17. The van der Waals surface area contributed by atoms with Crippen molar-refractivity contribution in [2.75, 3.05) is 0 Å². The van der Waals surface area contributed by atoms with Gasteiger partial charge in [0.2, 0.25) is 0 Å². The van der Waals surface area contributed by atoms with Crippen LogP contribution in [0.2, 0.25) is 0 Å². The van der Waals surface area contributed by atoms with E-state index >= 15 is 0 Å². The van der Waals surface area contributed by atoms with Crippen LogP contribution in [0.3, 0.4) is 0 Å². The Morgan fingerprint density at radius 2 is 2.00 bits per heavy atom. The lowest BCUT2D eigenvalue weighted by Crippen LogP contribution is -2.26. The SMILES string of the molecule is O=C(O)c1cc(O)cc(=O)n1CCC1CCCC1. The van der Waals surface area contributed by atoms with E-state index in [-0.39, 0.29) is 11.4 Å². The van der Waals surface area contributed by atoms with E-state index in [1.807, 2.05) is 0 Å². The summed E-state index contributed by atoms with van der Waals surface area (Å²) in [6.07, 6.45) is 5.59. The van der Waals surface area contributed by atoms with Crippen LogP contribution in [0.4, 0.5) is 0 Å².